The van der Waals surface area contributed by atoms with Gasteiger partial charge in [0.25, 0.3) is 0 Å². The molecule has 0 spiro atoms. The fourth-order valence-corrected chi connectivity index (χ4v) is 1.96. The Hall–Kier alpha value is -1.35. The maximum atomic E-state index is 6.21. The van der Waals surface area contributed by atoms with E-state index < -0.39 is 5.54 Å². The van der Waals surface area contributed by atoms with E-state index in [1.54, 1.807) is 0 Å². The van der Waals surface area contributed by atoms with E-state index in [1.807, 2.05) is 32.0 Å². The van der Waals surface area contributed by atoms with E-state index >= 15 is 0 Å². The summed E-state index contributed by atoms with van der Waals surface area (Å²) in [6.45, 7) is 6.11. The van der Waals surface area contributed by atoms with Gasteiger partial charge in [-0.15, -0.1) is 0 Å². The van der Waals surface area contributed by atoms with Crippen molar-refractivity contribution in [2.45, 2.75) is 39.2 Å². The van der Waals surface area contributed by atoms with Crippen molar-refractivity contribution in [2.24, 2.45) is 5.73 Å². The number of hydrogen-bond acceptors (Lipinski definition) is 3. The van der Waals surface area contributed by atoms with Gasteiger partial charge in [-0.1, -0.05) is 25.5 Å². The SMILES string of the molecule is CCCC(C)(N)c1nc2c(C)cccc2o1. The van der Waals surface area contributed by atoms with Crippen LogP contribution in [-0.2, 0) is 5.54 Å². The molecule has 0 amide bonds. The highest BCUT2D eigenvalue weighted by Crippen LogP contribution is 2.27. The molecule has 0 saturated heterocycles. The maximum Gasteiger partial charge on any atom is 0.215 e. The predicted molar refractivity (Wildman–Crippen MR) is 65.2 cm³/mol. The number of nitrogens with zero attached hydrogens (tertiary/aromatic N) is 1. The van der Waals surface area contributed by atoms with Crippen molar-refractivity contribution in [3.05, 3.63) is 29.7 Å². The second-order valence-electron chi connectivity index (χ2n) is 4.61. The standard InChI is InChI=1S/C13H18N2O/c1-4-8-13(3,14)12-15-11-9(2)6-5-7-10(11)16-12/h5-7H,4,8,14H2,1-3H3. The normalized spacial score (nSPS) is 15.2. The number of aromatic nitrogens is 1. The molecular weight excluding hydrogens is 200 g/mol. The molecule has 0 saturated carbocycles. The van der Waals surface area contributed by atoms with Crippen molar-refractivity contribution in [3.8, 4) is 0 Å². The Bertz CT molecular complexity index is 500. The molecular formula is C13H18N2O. The highest BCUT2D eigenvalue weighted by atomic mass is 16.3. The molecule has 0 aliphatic rings. The van der Waals surface area contributed by atoms with Crippen molar-refractivity contribution in [2.75, 3.05) is 0 Å². The Morgan fingerprint density at radius 2 is 2.19 bits per heavy atom. The van der Waals surface area contributed by atoms with Gasteiger partial charge >= 0.3 is 0 Å². The Balaban J connectivity index is 2.51. The Morgan fingerprint density at radius 3 is 2.81 bits per heavy atom. The first-order valence-electron chi connectivity index (χ1n) is 5.70. The predicted octanol–water partition coefficient (Wildman–Crippen LogP) is 3.11. The molecule has 2 rings (SSSR count). The van der Waals surface area contributed by atoms with Crippen LogP contribution in [0.1, 0.15) is 38.1 Å². The first-order valence-corrected chi connectivity index (χ1v) is 5.70. The second-order valence-corrected chi connectivity index (χ2v) is 4.61. The van der Waals surface area contributed by atoms with Crippen molar-refractivity contribution >= 4 is 11.1 Å². The molecule has 1 aromatic carbocycles. The van der Waals surface area contributed by atoms with Gasteiger partial charge in [0.1, 0.15) is 5.52 Å². The fourth-order valence-electron chi connectivity index (χ4n) is 1.96. The molecule has 0 aliphatic heterocycles. The molecule has 1 unspecified atom stereocenters. The lowest BCUT2D eigenvalue weighted by molar-refractivity contribution is 0.342. The lowest BCUT2D eigenvalue weighted by atomic mass is 9.98. The number of benzene rings is 1. The quantitative estimate of drug-likeness (QED) is 0.861. The van der Waals surface area contributed by atoms with Crippen LogP contribution < -0.4 is 5.73 Å². The van der Waals surface area contributed by atoms with Crippen LogP contribution in [0.15, 0.2) is 22.6 Å². The minimum absolute atomic E-state index is 0.472. The van der Waals surface area contributed by atoms with Crippen LogP contribution in [0, 0.1) is 6.92 Å². The van der Waals surface area contributed by atoms with Crippen molar-refractivity contribution < 1.29 is 4.42 Å². The summed E-state index contributed by atoms with van der Waals surface area (Å²) in [7, 11) is 0. The minimum atomic E-state index is -0.472. The fraction of sp³-hybridized carbons (Fsp3) is 0.462. The summed E-state index contributed by atoms with van der Waals surface area (Å²) in [6, 6.07) is 5.93. The molecule has 2 aromatic rings. The molecule has 0 bridgehead atoms. The van der Waals surface area contributed by atoms with E-state index in [0.29, 0.717) is 5.89 Å². The Morgan fingerprint density at radius 1 is 1.44 bits per heavy atom. The van der Waals surface area contributed by atoms with Crippen molar-refractivity contribution in [3.63, 3.8) is 0 Å². The van der Waals surface area contributed by atoms with Gasteiger partial charge in [0, 0.05) is 0 Å². The third kappa shape index (κ3) is 1.83. The molecule has 3 nitrogen and oxygen atoms in total. The number of rotatable bonds is 3. The average Bonchev–Trinajstić information content (AvgIpc) is 2.63. The largest absolute Gasteiger partial charge is 0.439 e. The molecule has 1 heterocycles. The topological polar surface area (TPSA) is 52.0 Å². The summed E-state index contributed by atoms with van der Waals surface area (Å²) >= 11 is 0. The monoisotopic (exact) mass is 218 g/mol. The molecule has 16 heavy (non-hydrogen) atoms. The van der Waals surface area contributed by atoms with Gasteiger partial charge in [0.2, 0.25) is 5.89 Å². The van der Waals surface area contributed by atoms with E-state index in [-0.39, 0.29) is 0 Å². The first-order chi connectivity index (χ1) is 7.54. The summed E-state index contributed by atoms with van der Waals surface area (Å²) in [5, 5.41) is 0. The van der Waals surface area contributed by atoms with Crippen LogP contribution in [0.2, 0.25) is 0 Å². The smallest absolute Gasteiger partial charge is 0.215 e. The van der Waals surface area contributed by atoms with Gasteiger partial charge in [-0.3, -0.25) is 0 Å². The number of aryl methyl sites for hydroxylation is 1. The highest BCUT2D eigenvalue weighted by Gasteiger charge is 2.26. The summed E-state index contributed by atoms with van der Waals surface area (Å²) in [5.41, 5.74) is 8.60. The van der Waals surface area contributed by atoms with Crippen molar-refractivity contribution in [1.29, 1.82) is 0 Å². The lowest BCUT2D eigenvalue weighted by Crippen LogP contribution is -2.33. The second kappa shape index (κ2) is 3.91. The van der Waals surface area contributed by atoms with E-state index in [1.165, 1.54) is 0 Å². The number of nitrogens with two attached hydrogens (primary N) is 1. The lowest BCUT2D eigenvalue weighted by Gasteiger charge is -2.19. The minimum Gasteiger partial charge on any atom is -0.439 e. The van der Waals surface area contributed by atoms with Crippen LogP contribution in [0.3, 0.4) is 0 Å². The van der Waals surface area contributed by atoms with E-state index in [2.05, 4.69) is 11.9 Å². The Kier molecular flexibility index (Phi) is 2.72. The van der Waals surface area contributed by atoms with Gasteiger partial charge < -0.3 is 10.2 Å². The zero-order valence-electron chi connectivity index (χ0n) is 10.1. The van der Waals surface area contributed by atoms with Crippen molar-refractivity contribution in [1.82, 2.24) is 4.98 Å². The van der Waals surface area contributed by atoms with E-state index in [4.69, 9.17) is 10.2 Å². The van der Waals surface area contributed by atoms with Gasteiger partial charge in [-0.2, -0.15) is 0 Å². The molecule has 0 fully saturated rings. The zero-order valence-corrected chi connectivity index (χ0v) is 10.1. The van der Waals surface area contributed by atoms with Gasteiger partial charge in [-0.25, -0.2) is 4.98 Å². The summed E-state index contributed by atoms with van der Waals surface area (Å²) < 4.78 is 5.73. The summed E-state index contributed by atoms with van der Waals surface area (Å²) in [6.07, 6.45) is 1.89. The highest BCUT2D eigenvalue weighted by molar-refractivity contribution is 5.76. The molecule has 86 valence electrons. The van der Waals surface area contributed by atoms with Crippen LogP contribution in [0.5, 0.6) is 0 Å². The molecule has 1 atom stereocenters. The third-order valence-corrected chi connectivity index (χ3v) is 2.88. The van der Waals surface area contributed by atoms with Crippen LogP contribution in [-0.4, -0.2) is 4.98 Å². The molecule has 0 radical (unpaired) electrons. The number of oxazole rings is 1. The van der Waals surface area contributed by atoms with Gasteiger partial charge in [0.15, 0.2) is 5.58 Å². The molecule has 1 aromatic heterocycles. The summed E-state index contributed by atoms with van der Waals surface area (Å²) in [4.78, 5) is 4.51. The van der Waals surface area contributed by atoms with Crippen LogP contribution in [0.4, 0.5) is 0 Å². The zero-order chi connectivity index (χ0) is 11.8. The first kappa shape index (κ1) is 11.1. The van der Waals surface area contributed by atoms with Crippen LogP contribution >= 0.6 is 0 Å². The number of fused-ring (bicyclic) bond motifs is 1. The Labute approximate surface area is 95.7 Å². The van der Waals surface area contributed by atoms with Gasteiger partial charge in [0.05, 0.1) is 5.54 Å². The van der Waals surface area contributed by atoms with E-state index in [9.17, 15) is 0 Å². The third-order valence-electron chi connectivity index (χ3n) is 2.88. The van der Waals surface area contributed by atoms with Crippen LogP contribution in [0.25, 0.3) is 11.1 Å². The molecule has 2 N–H and O–H groups in total. The maximum absolute atomic E-state index is 6.21. The molecule has 3 heteroatoms. The number of para-hydroxylation sites is 1. The van der Waals surface area contributed by atoms with Gasteiger partial charge in [-0.05, 0) is 31.9 Å². The summed E-state index contributed by atoms with van der Waals surface area (Å²) in [5.74, 6) is 0.638. The van der Waals surface area contributed by atoms with E-state index in [0.717, 1.165) is 29.5 Å². The average molecular weight is 218 g/mol. The molecule has 0 aliphatic carbocycles. The number of hydrogen-bond donors (Lipinski definition) is 1.